The first kappa shape index (κ1) is 92.3. The summed E-state index contributed by atoms with van der Waals surface area (Å²) in [6.45, 7) is 19.7. The molecule has 0 saturated heterocycles. The van der Waals surface area contributed by atoms with Crippen LogP contribution >= 0.6 is 0 Å². The normalized spacial score (nSPS) is 11.8. The Morgan fingerprint density at radius 2 is 0.531 bits per heavy atom. The Balaban J connectivity index is 0.000000122. The van der Waals surface area contributed by atoms with Crippen LogP contribution in [0.15, 0.2) is 371 Å². The minimum absolute atomic E-state index is 0. The van der Waals surface area contributed by atoms with Crippen molar-refractivity contribution < 1.29 is 77.4 Å². The Bertz CT molecular complexity index is 9650. The third kappa shape index (κ3) is 16.3. The molecule has 0 saturated carbocycles. The van der Waals surface area contributed by atoms with Crippen LogP contribution in [0.2, 0.25) is 0 Å². The molecule has 27 rings (SSSR count). The molecule has 18 heteroatoms. The molecule has 0 radical (unpaired) electrons. The van der Waals surface area contributed by atoms with E-state index in [1.165, 1.54) is 22.3 Å². The van der Waals surface area contributed by atoms with Crippen molar-refractivity contribution in [1.29, 1.82) is 0 Å². The number of ether oxygens (including phenoxy) is 3. The molecule has 0 amide bonds. The number of aromatic nitrogens is 12. The van der Waals surface area contributed by atoms with E-state index in [4.69, 9.17) is 44.1 Å². The minimum Gasteiger partial charge on any atom is -0.503 e. The molecule has 12 heterocycles. The predicted molar refractivity (Wildman–Crippen MR) is 567 cm³/mol. The Kier molecular flexibility index (Phi) is 23.9. The summed E-state index contributed by atoms with van der Waals surface area (Å²) in [5.74, 6) is 3.62. The smallest absolute Gasteiger partial charge is 0.503 e. The van der Waals surface area contributed by atoms with Crippen LogP contribution in [0.4, 0.5) is 0 Å². The molecular weight excluding hydrogens is 2300 g/mol. The molecule has 0 aliphatic carbocycles. The quantitative estimate of drug-likeness (QED) is 0.0866. The minimum atomic E-state index is -0.131. The maximum atomic E-state index is 6.67. The van der Waals surface area contributed by atoms with Crippen LogP contribution in [0.3, 0.4) is 0 Å². The Morgan fingerprint density at radius 1 is 0.231 bits per heavy atom. The topological polar surface area (TPSA) is 133 Å². The number of benzene rings is 15. The van der Waals surface area contributed by atoms with E-state index in [2.05, 4.69) is 405 Å². The molecule has 27 aromatic rings. The number of para-hydroxylation sites is 5. The first-order valence-electron chi connectivity index (χ1n) is 47.1. The van der Waals surface area contributed by atoms with Crippen LogP contribution in [0.25, 0.3) is 199 Å². The molecule has 0 spiro atoms. The van der Waals surface area contributed by atoms with E-state index in [1.54, 1.807) is 0 Å². The van der Waals surface area contributed by atoms with Gasteiger partial charge in [0.1, 0.15) is 16.9 Å². The molecule has 15 aromatic carbocycles. The zero-order chi connectivity index (χ0) is 94.3. The van der Waals surface area contributed by atoms with Gasteiger partial charge < -0.3 is 41.1 Å². The van der Waals surface area contributed by atoms with Crippen molar-refractivity contribution in [2.75, 3.05) is 0 Å². The van der Waals surface area contributed by atoms with Gasteiger partial charge in [0.2, 0.25) is 0 Å². The summed E-state index contributed by atoms with van der Waals surface area (Å²) in [5.41, 5.74) is 26.3. The van der Waals surface area contributed by atoms with Crippen LogP contribution in [0.5, 0.6) is 34.5 Å². The van der Waals surface area contributed by atoms with Gasteiger partial charge >= 0.3 is 63.2 Å². The third-order valence-electron chi connectivity index (χ3n) is 27.0. The molecule has 0 N–H and O–H groups in total. The van der Waals surface area contributed by atoms with Gasteiger partial charge in [0.15, 0.2) is 0 Å². The first-order chi connectivity index (χ1) is 68.4. The van der Waals surface area contributed by atoms with Gasteiger partial charge in [0.25, 0.3) is 0 Å². The van der Waals surface area contributed by atoms with E-state index >= 15 is 0 Å². The summed E-state index contributed by atoms with van der Waals surface area (Å²) in [6, 6.07) is 136. The van der Waals surface area contributed by atoms with Crippen LogP contribution < -0.4 is 14.2 Å². The largest absolute Gasteiger partial charge is 2.00 e. The monoisotopic (exact) mass is 2390 g/mol. The summed E-state index contributed by atoms with van der Waals surface area (Å²) in [5, 5.41) is 16.2. The predicted octanol–water partition coefficient (Wildman–Crippen LogP) is 31.1. The maximum absolute atomic E-state index is 6.67. The number of hydrogen-bond acceptors (Lipinski definition) is 9. The Morgan fingerprint density at radius 3 is 0.909 bits per heavy atom. The summed E-state index contributed by atoms with van der Waals surface area (Å²) >= 11 is 0. The second kappa shape index (κ2) is 37.0. The number of pyridine rings is 6. The van der Waals surface area contributed by atoms with Crippen molar-refractivity contribution in [2.45, 2.75) is 73.1 Å². The Hall–Kier alpha value is -15.8. The SMILES string of the molecule is Cc1ccccc1-c1cn2c3ccccc3c3ccc(Oc4[c-]c(-n5c6cc(C(C)(C)C)ccc6c6cccnc65)ccc4)[c-]c3c2n1.Cc1ccccc1-c1cn2c3ccccc3c3ccc(Oc4[c-]c(-n5c6ccccc6c6cccnc65)cc(C(C)(C)C)c4)[c-]c3c2n1.Cc1ccccc1-c1cn2c3ccccc3c3ccc(Oc4[c-]c(-n5c6ccccc6c6cccnc65)ccc4)[c-]c3c2n1.[Pt+2].[Pt+2].[Pt+2]. The zero-order valence-electron chi connectivity index (χ0n) is 79.3. The molecule has 0 aliphatic rings. The second-order valence-electron chi connectivity index (χ2n) is 37.9. The number of nitrogens with zero attached hydrogens (tertiary/aromatic N) is 12. The number of hydrogen-bond donors (Lipinski definition) is 0. The van der Waals surface area contributed by atoms with Gasteiger partial charge in [-0.1, -0.05) is 285 Å². The Labute approximate surface area is 868 Å². The number of fused-ring (bicyclic) bond motifs is 27. The molecule has 0 bridgehead atoms. The summed E-state index contributed by atoms with van der Waals surface area (Å²) in [6.07, 6.45) is 11.9. The molecular formula is C125H88N12O3Pt3. The fourth-order valence-electron chi connectivity index (χ4n) is 20.1. The number of rotatable bonds is 12. The first-order valence-corrected chi connectivity index (χ1v) is 47.1. The van der Waals surface area contributed by atoms with Gasteiger partial charge in [-0.25, -0.2) is 15.0 Å². The average molecular weight is 2390 g/mol. The van der Waals surface area contributed by atoms with Crippen molar-refractivity contribution in [3.8, 4) is 85.3 Å². The van der Waals surface area contributed by atoms with Crippen LogP contribution in [0, 0.1) is 57.2 Å². The molecule has 143 heavy (non-hydrogen) atoms. The van der Waals surface area contributed by atoms with Crippen molar-refractivity contribution in [3.63, 3.8) is 0 Å². The number of aryl methyl sites for hydroxylation is 3. The van der Waals surface area contributed by atoms with Gasteiger partial charge in [-0.2, -0.15) is 12.1 Å². The van der Waals surface area contributed by atoms with E-state index in [0.29, 0.717) is 34.5 Å². The fraction of sp³-hybridized carbons (Fsp3) is 0.0880. The van der Waals surface area contributed by atoms with Crippen molar-refractivity contribution in [2.24, 2.45) is 0 Å². The van der Waals surface area contributed by atoms with Crippen molar-refractivity contribution in [3.05, 3.63) is 435 Å². The zero-order valence-corrected chi connectivity index (χ0v) is 86.1. The summed E-state index contributed by atoms with van der Waals surface area (Å²) < 4.78 is 32.7. The van der Waals surface area contributed by atoms with E-state index in [0.717, 1.165) is 204 Å². The summed E-state index contributed by atoms with van der Waals surface area (Å²) in [7, 11) is 0. The molecule has 15 nitrogen and oxygen atoms in total. The van der Waals surface area contributed by atoms with E-state index in [-0.39, 0.29) is 74.0 Å². The van der Waals surface area contributed by atoms with Gasteiger partial charge in [-0.15, -0.1) is 96.6 Å². The fourth-order valence-corrected chi connectivity index (χ4v) is 20.1. The average Bonchev–Trinajstić information content (AvgIpc) is 1.68. The van der Waals surface area contributed by atoms with Gasteiger partial charge in [0, 0.05) is 137 Å². The van der Waals surface area contributed by atoms with Crippen molar-refractivity contribution in [1.82, 2.24) is 56.8 Å². The van der Waals surface area contributed by atoms with Crippen LogP contribution in [0.1, 0.15) is 69.4 Å². The van der Waals surface area contributed by atoms with Crippen molar-refractivity contribution >= 4 is 148 Å². The standard InChI is InChI=1S/2C43H32N4O.C39H24N4O.3Pt/c1-27-12-5-6-13-32(27)38-26-46-39-17-9-7-14-34(39)33-20-19-30(25-37(33)42(46)45-38)48-31-23-28(43(2,3)4)22-29(24-31)47-40-18-10-8-15-35(40)36-16-11-21-44-41(36)47;1-27-11-5-6-14-32(27)38-26-46-39-17-8-7-15-34(39)33-21-19-31(25-37(33)42(46)45-38)48-30-13-9-12-29(24-30)47-40-23-28(43(2,3)4)18-20-35(40)36-16-10-22-44-41(36)47;1-25-10-2-3-13-29(25)35-24-42-36-17-6-4-14-31(36)30-20-19-28(23-34(30)39(42)41-35)44-27-12-8-11-26(22-27)43-37-18-7-5-15-32(37)33-16-9-21-40-38(33)43;;;/h2*5-23,26H,1-4H3;2-21,24H,1H3;;;/q3*-2;3*+2. The third-order valence-corrected chi connectivity index (χ3v) is 27.0. The van der Waals surface area contributed by atoms with Gasteiger partial charge in [-0.3, -0.25) is 15.0 Å². The second-order valence-corrected chi connectivity index (χ2v) is 37.9. The molecule has 0 atom stereocenters. The van der Waals surface area contributed by atoms with E-state index in [9.17, 15) is 0 Å². The molecule has 696 valence electrons. The molecule has 0 aliphatic heterocycles. The number of imidazole rings is 3. The molecule has 0 unspecified atom stereocenters. The summed E-state index contributed by atoms with van der Waals surface area (Å²) in [4.78, 5) is 29.8. The van der Waals surface area contributed by atoms with E-state index < -0.39 is 0 Å². The molecule has 12 aromatic heterocycles. The van der Waals surface area contributed by atoms with Crippen LogP contribution in [-0.4, -0.2) is 56.8 Å². The van der Waals surface area contributed by atoms with Gasteiger partial charge in [-0.05, 0) is 143 Å². The van der Waals surface area contributed by atoms with Gasteiger partial charge in [0.05, 0.1) is 50.6 Å². The van der Waals surface area contributed by atoms with E-state index in [1.807, 2.05) is 91.4 Å². The molecule has 0 fully saturated rings. The van der Waals surface area contributed by atoms with Crippen LogP contribution in [-0.2, 0) is 74.0 Å². The maximum Gasteiger partial charge on any atom is 2.00 e.